The quantitative estimate of drug-likeness (QED) is 0.841. The molecule has 0 fully saturated rings. The van der Waals surface area contributed by atoms with Gasteiger partial charge in [0.25, 0.3) is 0 Å². The molecule has 0 saturated carbocycles. The topological polar surface area (TPSA) is 55.1 Å². The molecule has 3 heteroatoms. The third kappa shape index (κ3) is 4.52. The van der Waals surface area contributed by atoms with Gasteiger partial charge in [-0.2, -0.15) is 0 Å². The van der Waals surface area contributed by atoms with Crippen molar-refractivity contribution < 1.29 is 4.79 Å². The summed E-state index contributed by atoms with van der Waals surface area (Å²) in [6.07, 6.45) is 1.16. The molecule has 2 rings (SSSR count). The van der Waals surface area contributed by atoms with Crippen molar-refractivity contribution in [3.05, 3.63) is 71.8 Å². The second-order valence-electron chi connectivity index (χ2n) is 4.85. The minimum atomic E-state index is -0.0198. The molecular formula is C17H20N2O. The molecule has 0 bridgehead atoms. The van der Waals surface area contributed by atoms with E-state index in [4.69, 9.17) is 5.73 Å². The first-order chi connectivity index (χ1) is 9.78. The van der Waals surface area contributed by atoms with Gasteiger partial charge < -0.3 is 11.1 Å². The third-order valence-corrected chi connectivity index (χ3v) is 3.18. The molecule has 0 heterocycles. The summed E-state index contributed by atoms with van der Waals surface area (Å²) < 4.78 is 0. The molecule has 0 aliphatic heterocycles. The lowest BCUT2D eigenvalue weighted by atomic mass is 10.1. The number of hydrogen-bond donors (Lipinski definition) is 2. The van der Waals surface area contributed by atoms with Crippen molar-refractivity contribution in [2.24, 2.45) is 5.73 Å². The molecule has 2 aromatic rings. The average molecular weight is 268 g/mol. The zero-order valence-electron chi connectivity index (χ0n) is 11.5. The maximum Gasteiger partial charge on any atom is 0.224 e. The molecule has 1 unspecified atom stereocenters. The SMILES string of the molecule is NCC(Cc1ccccc1)NC(=O)Cc1ccccc1. The number of carbonyl (C=O) groups excluding carboxylic acids is 1. The molecule has 2 aromatic carbocycles. The Bertz CT molecular complexity index is 525. The predicted molar refractivity (Wildman–Crippen MR) is 81.3 cm³/mol. The minimum Gasteiger partial charge on any atom is -0.351 e. The summed E-state index contributed by atoms with van der Waals surface area (Å²) in [4.78, 5) is 12.0. The van der Waals surface area contributed by atoms with Gasteiger partial charge in [-0.25, -0.2) is 0 Å². The zero-order chi connectivity index (χ0) is 14.2. The van der Waals surface area contributed by atoms with E-state index in [1.807, 2.05) is 60.7 Å². The van der Waals surface area contributed by atoms with E-state index in [0.717, 1.165) is 12.0 Å². The summed E-state index contributed by atoms with van der Waals surface area (Å²) in [5, 5.41) is 3.00. The standard InChI is InChI=1S/C17H20N2O/c18-13-16(11-14-7-3-1-4-8-14)19-17(20)12-15-9-5-2-6-10-15/h1-10,16H,11-13,18H2,(H,19,20). The molecule has 0 aliphatic carbocycles. The molecule has 0 aliphatic rings. The van der Waals surface area contributed by atoms with Crippen LogP contribution in [0.15, 0.2) is 60.7 Å². The van der Waals surface area contributed by atoms with E-state index in [9.17, 15) is 4.79 Å². The number of amides is 1. The number of benzene rings is 2. The highest BCUT2D eigenvalue weighted by Crippen LogP contribution is 2.04. The van der Waals surface area contributed by atoms with Crippen molar-refractivity contribution in [1.82, 2.24) is 5.32 Å². The lowest BCUT2D eigenvalue weighted by molar-refractivity contribution is -0.121. The van der Waals surface area contributed by atoms with Gasteiger partial charge in [0, 0.05) is 12.6 Å². The number of carbonyl (C=O) groups is 1. The lowest BCUT2D eigenvalue weighted by Gasteiger charge is -2.17. The molecule has 0 aromatic heterocycles. The van der Waals surface area contributed by atoms with Crippen LogP contribution in [0, 0.1) is 0 Å². The first kappa shape index (κ1) is 14.3. The fraction of sp³-hybridized carbons (Fsp3) is 0.235. The highest BCUT2D eigenvalue weighted by Gasteiger charge is 2.11. The van der Waals surface area contributed by atoms with Crippen LogP contribution in [0.1, 0.15) is 11.1 Å². The molecule has 20 heavy (non-hydrogen) atoms. The van der Waals surface area contributed by atoms with Gasteiger partial charge >= 0.3 is 0 Å². The minimum absolute atomic E-state index is 0.0163. The Morgan fingerprint density at radius 2 is 1.50 bits per heavy atom. The Hall–Kier alpha value is -2.13. The van der Waals surface area contributed by atoms with Crippen LogP contribution in [0.5, 0.6) is 0 Å². The number of hydrogen-bond acceptors (Lipinski definition) is 2. The summed E-state index contributed by atoms with van der Waals surface area (Å²) in [6.45, 7) is 0.440. The molecule has 0 radical (unpaired) electrons. The van der Waals surface area contributed by atoms with Crippen molar-refractivity contribution in [2.75, 3.05) is 6.54 Å². The van der Waals surface area contributed by atoms with Crippen molar-refractivity contribution in [2.45, 2.75) is 18.9 Å². The second-order valence-corrected chi connectivity index (χ2v) is 4.85. The Morgan fingerprint density at radius 3 is 2.05 bits per heavy atom. The fourth-order valence-electron chi connectivity index (χ4n) is 2.15. The molecule has 1 amide bonds. The van der Waals surface area contributed by atoms with E-state index in [-0.39, 0.29) is 11.9 Å². The van der Waals surface area contributed by atoms with Gasteiger partial charge in [-0.1, -0.05) is 60.7 Å². The normalized spacial score (nSPS) is 11.8. The van der Waals surface area contributed by atoms with E-state index in [0.29, 0.717) is 13.0 Å². The highest BCUT2D eigenvalue weighted by atomic mass is 16.1. The molecule has 1 atom stereocenters. The molecule has 3 nitrogen and oxygen atoms in total. The van der Waals surface area contributed by atoms with Crippen LogP contribution >= 0.6 is 0 Å². The maximum absolute atomic E-state index is 12.0. The highest BCUT2D eigenvalue weighted by molar-refractivity contribution is 5.78. The van der Waals surface area contributed by atoms with Gasteiger partial charge in [0.05, 0.1) is 6.42 Å². The van der Waals surface area contributed by atoms with Gasteiger partial charge in [-0.15, -0.1) is 0 Å². The first-order valence-corrected chi connectivity index (χ1v) is 6.85. The first-order valence-electron chi connectivity index (χ1n) is 6.85. The van der Waals surface area contributed by atoms with Gasteiger partial charge in [-0.05, 0) is 17.5 Å². The summed E-state index contributed by atoms with van der Waals surface area (Å²) >= 11 is 0. The summed E-state index contributed by atoms with van der Waals surface area (Å²) in [5.74, 6) is 0.0163. The fourth-order valence-corrected chi connectivity index (χ4v) is 2.15. The number of nitrogens with two attached hydrogens (primary N) is 1. The largest absolute Gasteiger partial charge is 0.351 e. The van der Waals surface area contributed by atoms with Crippen LogP contribution in [0.25, 0.3) is 0 Å². The monoisotopic (exact) mass is 268 g/mol. The Balaban J connectivity index is 1.88. The Morgan fingerprint density at radius 1 is 0.950 bits per heavy atom. The Kier molecular flexibility index (Phi) is 5.33. The smallest absolute Gasteiger partial charge is 0.224 e. The maximum atomic E-state index is 12.0. The van der Waals surface area contributed by atoms with Gasteiger partial charge in [0.2, 0.25) is 5.91 Å². The number of nitrogens with one attached hydrogen (secondary N) is 1. The molecule has 3 N–H and O–H groups in total. The van der Waals surface area contributed by atoms with Crippen LogP contribution in [0.3, 0.4) is 0 Å². The third-order valence-electron chi connectivity index (χ3n) is 3.18. The summed E-state index contributed by atoms with van der Waals surface area (Å²) in [6, 6.07) is 19.8. The lowest BCUT2D eigenvalue weighted by Crippen LogP contribution is -2.42. The van der Waals surface area contributed by atoms with E-state index in [1.165, 1.54) is 5.56 Å². The van der Waals surface area contributed by atoms with Crippen LogP contribution < -0.4 is 11.1 Å². The van der Waals surface area contributed by atoms with Crippen molar-refractivity contribution >= 4 is 5.91 Å². The van der Waals surface area contributed by atoms with Crippen molar-refractivity contribution in [1.29, 1.82) is 0 Å². The number of rotatable bonds is 6. The van der Waals surface area contributed by atoms with E-state index in [1.54, 1.807) is 0 Å². The van der Waals surface area contributed by atoms with Crippen LogP contribution in [0.2, 0.25) is 0 Å². The predicted octanol–water partition coefficient (Wildman–Crippen LogP) is 1.92. The second kappa shape index (κ2) is 7.46. The Labute approximate surface area is 119 Å². The van der Waals surface area contributed by atoms with Crippen LogP contribution in [0.4, 0.5) is 0 Å². The van der Waals surface area contributed by atoms with Gasteiger partial charge in [-0.3, -0.25) is 4.79 Å². The van der Waals surface area contributed by atoms with Crippen LogP contribution in [-0.2, 0) is 17.6 Å². The zero-order valence-corrected chi connectivity index (χ0v) is 11.5. The average Bonchev–Trinajstić information content (AvgIpc) is 2.48. The summed E-state index contributed by atoms with van der Waals surface area (Å²) in [7, 11) is 0. The van der Waals surface area contributed by atoms with E-state index >= 15 is 0 Å². The van der Waals surface area contributed by atoms with Crippen molar-refractivity contribution in [3.63, 3.8) is 0 Å². The molecule has 0 saturated heterocycles. The van der Waals surface area contributed by atoms with Gasteiger partial charge in [0.1, 0.15) is 0 Å². The van der Waals surface area contributed by atoms with Gasteiger partial charge in [0.15, 0.2) is 0 Å². The molecular weight excluding hydrogens is 248 g/mol. The van der Waals surface area contributed by atoms with Crippen LogP contribution in [-0.4, -0.2) is 18.5 Å². The van der Waals surface area contributed by atoms with Crippen molar-refractivity contribution in [3.8, 4) is 0 Å². The molecule has 0 spiro atoms. The summed E-state index contributed by atoms with van der Waals surface area (Å²) in [5.41, 5.74) is 7.95. The van der Waals surface area contributed by atoms with E-state index < -0.39 is 0 Å². The van der Waals surface area contributed by atoms with E-state index in [2.05, 4.69) is 5.32 Å². The molecule has 104 valence electrons.